The van der Waals surface area contributed by atoms with Crippen LogP contribution >= 0.6 is 23.1 Å². The molecule has 4 aromatic rings. The molecule has 0 saturated heterocycles. The first kappa shape index (κ1) is 25.9. The van der Waals surface area contributed by atoms with Crippen molar-refractivity contribution in [3.05, 3.63) is 70.9 Å². The molecule has 0 spiro atoms. The lowest BCUT2D eigenvalue weighted by Crippen LogP contribution is -2.15. The number of ether oxygens (including phenoxy) is 1. The van der Waals surface area contributed by atoms with Gasteiger partial charge in [0.1, 0.15) is 5.75 Å². The molecule has 0 saturated carbocycles. The van der Waals surface area contributed by atoms with Gasteiger partial charge in [-0.1, -0.05) is 67.6 Å². The maximum atomic E-state index is 12.6. The van der Waals surface area contributed by atoms with Crippen LogP contribution < -0.4 is 10.1 Å². The van der Waals surface area contributed by atoms with Crippen molar-refractivity contribution >= 4 is 34.1 Å². The van der Waals surface area contributed by atoms with E-state index in [-0.39, 0.29) is 17.8 Å². The van der Waals surface area contributed by atoms with Crippen LogP contribution in [-0.2, 0) is 11.3 Å². The van der Waals surface area contributed by atoms with E-state index in [9.17, 15) is 4.79 Å². The monoisotopic (exact) mass is 521 g/mol. The van der Waals surface area contributed by atoms with E-state index < -0.39 is 0 Å². The Hall–Kier alpha value is -3.17. The average molecular weight is 522 g/mol. The lowest BCUT2D eigenvalue weighted by Gasteiger charge is -2.16. The van der Waals surface area contributed by atoms with Crippen molar-refractivity contribution in [2.75, 3.05) is 11.1 Å². The molecular formula is C27H31N5O2S2. The minimum absolute atomic E-state index is 0.133. The van der Waals surface area contributed by atoms with Crippen LogP contribution in [0.1, 0.15) is 56.7 Å². The lowest BCUT2D eigenvalue weighted by molar-refractivity contribution is -0.113. The summed E-state index contributed by atoms with van der Waals surface area (Å²) in [6.45, 7) is 11.1. The number of thioether (sulfide) groups is 1. The van der Waals surface area contributed by atoms with Crippen molar-refractivity contribution in [3.63, 3.8) is 0 Å². The predicted molar refractivity (Wildman–Crippen MR) is 147 cm³/mol. The highest BCUT2D eigenvalue weighted by Gasteiger charge is 2.20. The predicted octanol–water partition coefficient (Wildman–Crippen LogP) is 6.72. The van der Waals surface area contributed by atoms with Gasteiger partial charge < -0.3 is 14.6 Å². The van der Waals surface area contributed by atoms with Crippen molar-refractivity contribution in [2.24, 2.45) is 0 Å². The van der Waals surface area contributed by atoms with Crippen LogP contribution in [0.25, 0.3) is 11.3 Å². The highest BCUT2D eigenvalue weighted by molar-refractivity contribution is 7.99. The molecule has 36 heavy (non-hydrogen) atoms. The number of thiazole rings is 1. The summed E-state index contributed by atoms with van der Waals surface area (Å²) in [7, 11) is 0. The van der Waals surface area contributed by atoms with Crippen LogP contribution in [-0.4, -0.2) is 31.4 Å². The fraction of sp³-hybridized carbons (Fsp3) is 0.333. The zero-order valence-corrected chi connectivity index (χ0v) is 22.8. The fourth-order valence-electron chi connectivity index (χ4n) is 3.67. The molecule has 1 amide bonds. The van der Waals surface area contributed by atoms with Crippen LogP contribution in [0.3, 0.4) is 0 Å². The second-order valence-electron chi connectivity index (χ2n) is 8.81. The number of carbonyl (C=O) groups excluding carboxylic acids is 1. The molecule has 0 aliphatic carbocycles. The van der Waals surface area contributed by atoms with Gasteiger partial charge in [-0.25, -0.2) is 4.98 Å². The van der Waals surface area contributed by atoms with E-state index in [1.54, 1.807) is 0 Å². The highest BCUT2D eigenvalue weighted by Crippen LogP contribution is 2.27. The Bertz CT molecular complexity index is 1300. The zero-order chi connectivity index (χ0) is 25.7. The van der Waals surface area contributed by atoms with E-state index in [0.29, 0.717) is 22.8 Å². The number of benzene rings is 2. The first-order chi connectivity index (χ1) is 17.3. The Morgan fingerprint density at radius 3 is 2.47 bits per heavy atom. The van der Waals surface area contributed by atoms with E-state index in [0.717, 1.165) is 22.8 Å². The number of nitrogens with one attached hydrogen (secondary N) is 1. The summed E-state index contributed by atoms with van der Waals surface area (Å²) >= 11 is 2.77. The number of nitrogens with zero attached hydrogens (tertiary/aromatic N) is 4. The molecule has 0 aliphatic rings. The van der Waals surface area contributed by atoms with Gasteiger partial charge in [-0.2, -0.15) is 0 Å². The first-order valence-electron chi connectivity index (χ1n) is 12.0. The number of aryl methyl sites for hydroxylation is 1. The Morgan fingerprint density at radius 1 is 1.08 bits per heavy atom. The van der Waals surface area contributed by atoms with E-state index in [1.807, 2.05) is 48.1 Å². The molecule has 1 N–H and O–H groups in total. The number of aromatic nitrogens is 4. The summed E-state index contributed by atoms with van der Waals surface area (Å²) in [6.07, 6.45) is -0.277. The van der Waals surface area contributed by atoms with Crippen molar-refractivity contribution in [1.82, 2.24) is 19.7 Å². The molecule has 1 unspecified atom stereocenters. The van der Waals surface area contributed by atoms with Crippen LogP contribution in [0.15, 0.2) is 59.1 Å². The molecule has 0 aliphatic heterocycles. The Labute approximate surface area is 220 Å². The van der Waals surface area contributed by atoms with Crippen molar-refractivity contribution in [2.45, 2.75) is 58.3 Å². The maximum Gasteiger partial charge on any atom is 0.236 e. The number of hydrogen-bond acceptors (Lipinski definition) is 7. The van der Waals surface area contributed by atoms with Gasteiger partial charge in [0.15, 0.2) is 22.2 Å². The maximum absolute atomic E-state index is 12.6. The van der Waals surface area contributed by atoms with Gasteiger partial charge in [0.25, 0.3) is 0 Å². The third-order valence-corrected chi connectivity index (χ3v) is 7.44. The van der Waals surface area contributed by atoms with Crippen LogP contribution in [0.5, 0.6) is 5.75 Å². The molecule has 0 bridgehead atoms. The molecule has 188 valence electrons. The summed E-state index contributed by atoms with van der Waals surface area (Å²) in [6, 6.07) is 16.3. The third-order valence-electron chi connectivity index (χ3n) is 5.72. The highest BCUT2D eigenvalue weighted by atomic mass is 32.2. The molecule has 2 aromatic heterocycles. The molecule has 9 heteroatoms. The zero-order valence-electron chi connectivity index (χ0n) is 21.2. The minimum Gasteiger partial charge on any atom is -0.483 e. The molecular weight excluding hydrogens is 490 g/mol. The normalized spacial score (nSPS) is 12.1. The Morgan fingerprint density at radius 2 is 1.81 bits per heavy atom. The molecule has 0 fully saturated rings. The SMILES string of the molecule is CCn1c(SCC(=O)Nc2nc(-c3ccc(C)cc3)cs2)nnc1C(C)Oc1ccc(C(C)C)cc1. The Kier molecular flexibility index (Phi) is 8.43. The molecule has 2 heterocycles. The Balaban J connectivity index is 1.34. The lowest BCUT2D eigenvalue weighted by atomic mass is 10.0. The standard InChI is InChI=1S/C27H31N5O2S2/c1-6-32-25(19(5)34-22-13-11-20(12-14-22)17(2)3)30-31-27(32)36-16-24(33)29-26-28-23(15-35-26)21-9-7-18(4)8-10-21/h7-15,17,19H,6,16H2,1-5H3,(H,28,29,33). The summed E-state index contributed by atoms with van der Waals surface area (Å²) < 4.78 is 8.11. The van der Waals surface area contributed by atoms with Crippen LogP contribution in [0.4, 0.5) is 5.13 Å². The van der Waals surface area contributed by atoms with Crippen molar-refractivity contribution < 1.29 is 9.53 Å². The van der Waals surface area contributed by atoms with Crippen molar-refractivity contribution in [1.29, 1.82) is 0 Å². The largest absolute Gasteiger partial charge is 0.483 e. The molecule has 0 radical (unpaired) electrons. The van der Waals surface area contributed by atoms with Gasteiger partial charge in [-0.05, 0) is 44.4 Å². The van der Waals surface area contributed by atoms with Gasteiger partial charge in [-0.3, -0.25) is 4.79 Å². The van der Waals surface area contributed by atoms with E-state index in [1.165, 1.54) is 34.2 Å². The number of anilines is 1. The summed E-state index contributed by atoms with van der Waals surface area (Å²) in [4.78, 5) is 17.1. The molecule has 1 atom stereocenters. The second kappa shape index (κ2) is 11.7. The molecule has 2 aromatic carbocycles. The van der Waals surface area contributed by atoms with Gasteiger partial charge in [0.05, 0.1) is 11.4 Å². The minimum atomic E-state index is -0.277. The van der Waals surface area contributed by atoms with Gasteiger partial charge in [-0.15, -0.1) is 21.5 Å². The van der Waals surface area contributed by atoms with E-state index >= 15 is 0 Å². The van der Waals surface area contributed by atoms with Crippen molar-refractivity contribution in [3.8, 4) is 17.0 Å². The quantitative estimate of drug-likeness (QED) is 0.233. The number of rotatable bonds is 10. The summed E-state index contributed by atoms with van der Waals surface area (Å²) in [5, 5.41) is 14.8. The molecule has 7 nitrogen and oxygen atoms in total. The topological polar surface area (TPSA) is 81.9 Å². The van der Waals surface area contributed by atoms with Crippen LogP contribution in [0, 0.1) is 6.92 Å². The van der Waals surface area contributed by atoms with E-state index in [4.69, 9.17) is 4.74 Å². The third kappa shape index (κ3) is 6.33. The number of carbonyl (C=O) groups is 1. The van der Waals surface area contributed by atoms with Crippen LogP contribution in [0.2, 0.25) is 0 Å². The summed E-state index contributed by atoms with van der Waals surface area (Å²) in [5.41, 5.74) is 4.35. The average Bonchev–Trinajstić information content (AvgIpc) is 3.50. The van der Waals surface area contributed by atoms with Gasteiger partial charge in [0.2, 0.25) is 5.91 Å². The second-order valence-corrected chi connectivity index (χ2v) is 10.6. The van der Waals surface area contributed by atoms with Gasteiger partial charge >= 0.3 is 0 Å². The number of amides is 1. The van der Waals surface area contributed by atoms with E-state index in [2.05, 4.69) is 65.5 Å². The fourth-order valence-corrected chi connectivity index (χ4v) is 5.21. The summed E-state index contributed by atoms with van der Waals surface area (Å²) in [5.74, 6) is 2.08. The first-order valence-corrected chi connectivity index (χ1v) is 13.9. The number of hydrogen-bond donors (Lipinski definition) is 1. The molecule has 4 rings (SSSR count). The smallest absolute Gasteiger partial charge is 0.236 e. The van der Waals surface area contributed by atoms with Gasteiger partial charge in [0, 0.05) is 17.5 Å².